The molecule has 3 unspecified atom stereocenters. The number of ether oxygens (including phenoxy) is 1. The lowest BCUT2D eigenvalue weighted by Crippen LogP contribution is -2.31. The molecule has 0 aromatic carbocycles. The second-order valence-corrected chi connectivity index (χ2v) is 4.45. The summed E-state index contributed by atoms with van der Waals surface area (Å²) in [5.41, 5.74) is 0. The second kappa shape index (κ2) is 5.61. The van der Waals surface area contributed by atoms with Crippen LogP contribution in [-0.2, 0) is 9.53 Å². The van der Waals surface area contributed by atoms with Crippen molar-refractivity contribution in [1.82, 2.24) is 10.6 Å². The largest absolute Gasteiger partial charge is 0.364 e. The fourth-order valence-corrected chi connectivity index (χ4v) is 1.93. The maximum atomic E-state index is 10.3. The van der Waals surface area contributed by atoms with Crippen LogP contribution in [0.1, 0.15) is 20.3 Å². The average Bonchev–Trinajstić information content (AvgIpc) is 2.78. The molecule has 5 nitrogen and oxygen atoms in total. The first-order valence-corrected chi connectivity index (χ1v) is 5.80. The van der Waals surface area contributed by atoms with E-state index in [1.165, 1.54) is 0 Å². The van der Waals surface area contributed by atoms with Gasteiger partial charge in [-0.15, -0.1) is 0 Å². The van der Waals surface area contributed by atoms with Crippen molar-refractivity contribution in [2.24, 2.45) is 11.8 Å². The Morgan fingerprint density at radius 3 is 2.81 bits per heavy atom. The van der Waals surface area contributed by atoms with E-state index in [-0.39, 0.29) is 12.0 Å². The van der Waals surface area contributed by atoms with Crippen molar-refractivity contribution < 1.29 is 14.6 Å². The molecule has 3 N–H and O–H groups in total. The van der Waals surface area contributed by atoms with Crippen LogP contribution < -0.4 is 10.6 Å². The molecule has 1 fully saturated rings. The molecule has 1 aliphatic rings. The summed E-state index contributed by atoms with van der Waals surface area (Å²) < 4.78 is 5.52. The molecule has 16 heavy (non-hydrogen) atoms. The third-order valence-electron chi connectivity index (χ3n) is 3.36. The van der Waals surface area contributed by atoms with Gasteiger partial charge in [0.1, 0.15) is 0 Å². The van der Waals surface area contributed by atoms with E-state index in [0.29, 0.717) is 18.9 Å². The smallest absolute Gasteiger partial charge is 0.207 e. The Balaban J connectivity index is 2.34. The predicted octanol–water partition coefficient (Wildman–Crippen LogP) is -0.298. The van der Waals surface area contributed by atoms with Crippen molar-refractivity contribution in [1.29, 1.82) is 0 Å². The molecule has 1 amide bonds. The Labute approximate surface area is 96.6 Å². The van der Waals surface area contributed by atoms with Gasteiger partial charge in [0.2, 0.25) is 6.41 Å². The van der Waals surface area contributed by atoms with E-state index < -0.39 is 5.79 Å². The van der Waals surface area contributed by atoms with Gasteiger partial charge in [0, 0.05) is 5.92 Å². The minimum atomic E-state index is -1.16. The maximum Gasteiger partial charge on any atom is 0.207 e. The summed E-state index contributed by atoms with van der Waals surface area (Å²) in [5.74, 6) is -0.814. The van der Waals surface area contributed by atoms with Crippen LogP contribution in [0.4, 0.5) is 0 Å². The second-order valence-electron chi connectivity index (χ2n) is 4.45. The Bertz CT molecular complexity index is 237. The number of nitrogens with one attached hydrogen (secondary N) is 2. The fraction of sp³-hybridized carbons (Fsp3) is 0.909. The lowest BCUT2D eigenvalue weighted by Gasteiger charge is -2.18. The topological polar surface area (TPSA) is 70.6 Å². The first-order chi connectivity index (χ1) is 7.60. The first-order valence-electron chi connectivity index (χ1n) is 5.80. The van der Waals surface area contributed by atoms with Crippen molar-refractivity contribution >= 4 is 6.41 Å². The highest BCUT2D eigenvalue weighted by Crippen LogP contribution is 2.44. The quantitative estimate of drug-likeness (QED) is 0.395. The van der Waals surface area contributed by atoms with Crippen LogP contribution in [0.3, 0.4) is 0 Å². The summed E-state index contributed by atoms with van der Waals surface area (Å²) in [6.07, 6.45) is 1.60. The number of hydrogen-bond acceptors (Lipinski definition) is 4. The van der Waals surface area contributed by atoms with Gasteiger partial charge < -0.3 is 20.5 Å². The lowest BCUT2D eigenvalue weighted by molar-refractivity contribution is -0.150. The van der Waals surface area contributed by atoms with Crippen LogP contribution in [0.15, 0.2) is 0 Å². The Kier molecular flexibility index (Phi) is 4.70. The third kappa shape index (κ3) is 2.72. The van der Waals surface area contributed by atoms with Gasteiger partial charge in [-0.1, -0.05) is 13.8 Å². The highest BCUT2D eigenvalue weighted by molar-refractivity contribution is 5.49. The minimum absolute atomic E-state index is 0.0372. The average molecular weight is 230 g/mol. The van der Waals surface area contributed by atoms with Crippen molar-refractivity contribution in [2.75, 3.05) is 20.2 Å². The van der Waals surface area contributed by atoms with Gasteiger partial charge in [0.05, 0.1) is 12.6 Å². The van der Waals surface area contributed by atoms with Gasteiger partial charge in [-0.25, -0.2) is 0 Å². The zero-order chi connectivity index (χ0) is 12.2. The molecular weight excluding hydrogens is 208 g/mol. The van der Waals surface area contributed by atoms with Crippen LogP contribution in [-0.4, -0.2) is 43.5 Å². The molecule has 1 rings (SSSR count). The van der Waals surface area contributed by atoms with Gasteiger partial charge in [0.15, 0.2) is 5.79 Å². The van der Waals surface area contributed by atoms with Gasteiger partial charge in [-0.3, -0.25) is 4.79 Å². The zero-order valence-corrected chi connectivity index (χ0v) is 10.2. The number of hydrogen-bond donors (Lipinski definition) is 3. The van der Waals surface area contributed by atoms with E-state index in [1.54, 1.807) is 0 Å². The SMILES string of the molecule is CCC(CNC)COC1(O)C(C)[C@@H]1NC=O. The van der Waals surface area contributed by atoms with E-state index in [9.17, 15) is 9.90 Å². The minimum Gasteiger partial charge on any atom is -0.364 e. The number of rotatable bonds is 8. The van der Waals surface area contributed by atoms with Crippen LogP contribution in [0.5, 0.6) is 0 Å². The molecule has 94 valence electrons. The molecule has 0 heterocycles. The highest BCUT2D eigenvalue weighted by atomic mass is 16.6. The third-order valence-corrected chi connectivity index (χ3v) is 3.36. The van der Waals surface area contributed by atoms with E-state index in [0.717, 1.165) is 13.0 Å². The standard InChI is InChI=1S/C11H22N2O3/c1-4-9(5-12-3)6-16-11(15)8(2)10(11)13-7-14/h7-10,12,15H,4-6H2,1-3H3,(H,13,14)/t8?,9?,10-,11?/m0/s1. The normalized spacial score (nSPS) is 34.5. The van der Waals surface area contributed by atoms with Crippen molar-refractivity contribution in [3.05, 3.63) is 0 Å². The number of amides is 1. The van der Waals surface area contributed by atoms with Gasteiger partial charge in [0.25, 0.3) is 0 Å². The lowest BCUT2D eigenvalue weighted by atomic mass is 10.1. The van der Waals surface area contributed by atoms with Crippen molar-refractivity contribution in [3.63, 3.8) is 0 Å². The molecule has 5 heteroatoms. The molecule has 0 spiro atoms. The van der Waals surface area contributed by atoms with Crippen LogP contribution in [0, 0.1) is 11.8 Å². The predicted molar refractivity (Wildman–Crippen MR) is 60.8 cm³/mol. The summed E-state index contributed by atoms with van der Waals surface area (Å²) >= 11 is 0. The molecule has 0 aliphatic heterocycles. The number of carbonyl (C=O) groups excluding carboxylic acids is 1. The Morgan fingerprint density at radius 2 is 2.31 bits per heavy atom. The molecule has 1 saturated carbocycles. The molecule has 4 atom stereocenters. The summed E-state index contributed by atoms with van der Waals surface area (Å²) in [6.45, 7) is 5.33. The molecule has 0 radical (unpaired) electrons. The highest BCUT2D eigenvalue weighted by Gasteiger charge is 2.63. The van der Waals surface area contributed by atoms with Crippen molar-refractivity contribution in [2.45, 2.75) is 32.1 Å². The van der Waals surface area contributed by atoms with Crippen molar-refractivity contribution in [3.8, 4) is 0 Å². The summed E-state index contributed by atoms with van der Waals surface area (Å²) in [6, 6.07) is -0.267. The summed E-state index contributed by atoms with van der Waals surface area (Å²) in [5, 5.41) is 15.7. The number of carbonyl (C=O) groups is 1. The van der Waals surface area contributed by atoms with E-state index in [4.69, 9.17) is 4.74 Å². The number of aliphatic hydroxyl groups is 1. The molecule has 0 aromatic rings. The molecule has 0 aromatic heterocycles. The van der Waals surface area contributed by atoms with E-state index in [2.05, 4.69) is 17.6 Å². The zero-order valence-electron chi connectivity index (χ0n) is 10.2. The fourth-order valence-electron chi connectivity index (χ4n) is 1.93. The van der Waals surface area contributed by atoms with Crippen LogP contribution >= 0.6 is 0 Å². The monoisotopic (exact) mass is 230 g/mol. The van der Waals surface area contributed by atoms with Crippen LogP contribution in [0.2, 0.25) is 0 Å². The summed E-state index contributed by atoms with van der Waals surface area (Å²) in [7, 11) is 1.90. The Hall–Kier alpha value is -0.650. The van der Waals surface area contributed by atoms with Gasteiger partial charge in [-0.2, -0.15) is 0 Å². The molecule has 0 saturated heterocycles. The van der Waals surface area contributed by atoms with Gasteiger partial charge >= 0.3 is 0 Å². The van der Waals surface area contributed by atoms with Gasteiger partial charge in [-0.05, 0) is 25.9 Å². The Morgan fingerprint density at radius 1 is 1.62 bits per heavy atom. The molecule has 0 bridgehead atoms. The van der Waals surface area contributed by atoms with Crippen LogP contribution in [0.25, 0.3) is 0 Å². The first kappa shape index (κ1) is 13.4. The molecular formula is C11H22N2O3. The van der Waals surface area contributed by atoms with E-state index >= 15 is 0 Å². The van der Waals surface area contributed by atoms with E-state index in [1.807, 2.05) is 14.0 Å². The maximum absolute atomic E-state index is 10.3. The molecule has 1 aliphatic carbocycles. The summed E-state index contributed by atoms with van der Waals surface area (Å²) in [4.78, 5) is 10.3.